The van der Waals surface area contributed by atoms with Crippen molar-refractivity contribution in [3.63, 3.8) is 0 Å². The Morgan fingerprint density at radius 3 is 2.78 bits per heavy atom. The van der Waals surface area contributed by atoms with Crippen LogP contribution in [0.25, 0.3) is 0 Å². The molecule has 1 aliphatic carbocycles. The molecule has 4 heteroatoms. The van der Waals surface area contributed by atoms with Gasteiger partial charge in [-0.15, -0.1) is 0 Å². The summed E-state index contributed by atoms with van der Waals surface area (Å²) in [6, 6.07) is 10.0. The molecular weight excluding hydrogens is 286 g/mol. The topological polar surface area (TPSA) is 54.0 Å². The van der Waals surface area contributed by atoms with Crippen molar-refractivity contribution in [2.24, 2.45) is 0 Å². The number of amides is 1. The van der Waals surface area contributed by atoms with E-state index in [0.717, 1.165) is 37.1 Å². The van der Waals surface area contributed by atoms with Gasteiger partial charge in [0.2, 0.25) is 0 Å². The van der Waals surface area contributed by atoms with E-state index in [-0.39, 0.29) is 5.91 Å². The van der Waals surface area contributed by atoms with Gasteiger partial charge in [-0.05, 0) is 67.5 Å². The summed E-state index contributed by atoms with van der Waals surface area (Å²) in [5.41, 5.74) is 4.55. The third-order valence-electron chi connectivity index (χ3n) is 4.24. The predicted molar refractivity (Wildman–Crippen MR) is 92.8 cm³/mol. The number of aryl methyl sites for hydroxylation is 2. The lowest BCUT2D eigenvalue weighted by molar-refractivity contribution is 0.0953. The maximum absolute atomic E-state index is 12.2. The van der Waals surface area contributed by atoms with Crippen LogP contribution in [-0.4, -0.2) is 24.0 Å². The van der Waals surface area contributed by atoms with Gasteiger partial charge in [0.25, 0.3) is 5.91 Å². The van der Waals surface area contributed by atoms with Crippen LogP contribution in [0.2, 0.25) is 0 Å². The van der Waals surface area contributed by atoms with Gasteiger partial charge in [0.1, 0.15) is 0 Å². The van der Waals surface area contributed by atoms with Crippen LogP contribution < -0.4 is 10.6 Å². The van der Waals surface area contributed by atoms with Gasteiger partial charge in [0.15, 0.2) is 0 Å². The maximum atomic E-state index is 12.2. The zero-order chi connectivity index (χ0) is 15.9. The van der Waals surface area contributed by atoms with Crippen LogP contribution in [0, 0.1) is 0 Å². The Morgan fingerprint density at radius 2 is 1.96 bits per heavy atom. The highest BCUT2D eigenvalue weighted by Gasteiger charge is 2.12. The molecule has 23 heavy (non-hydrogen) atoms. The van der Waals surface area contributed by atoms with Crippen LogP contribution in [0.15, 0.2) is 42.7 Å². The Labute approximate surface area is 137 Å². The lowest BCUT2D eigenvalue weighted by Crippen LogP contribution is -2.26. The molecular formula is C19H23N3O. The van der Waals surface area contributed by atoms with Crippen molar-refractivity contribution in [2.75, 3.05) is 18.4 Å². The fraction of sp³-hybridized carbons (Fsp3) is 0.368. The second-order valence-corrected chi connectivity index (χ2v) is 5.97. The molecule has 1 amide bonds. The SMILES string of the molecule is O=C(NCCCNc1cccnc1)c1ccc2c(c1)CCCC2. The van der Waals surface area contributed by atoms with E-state index in [9.17, 15) is 4.79 Å². The fourth-order valence-corrected chi connectivity index (χ4v) is 2.97. The molecule has 0 saturated carbocycles. The summed E-state index contributed by atoms with van der Waals surface area (Å²) in [5.74, 6) is 0.0275. The molecule has 0 spiro atoms. The second-order valence-electron chi connectivity index (χ2n) is 5.97. The van der Waals surface area contributed by atoms with Crippen LogP contribution >= 0.6 is 0 Å². The molecule has 1 aromatic carbocycles. The molecule has 0 bridgehead atoms. The van der Waals surface area contributed by atoms with Gasteiger partial charge >= 0.3 is 0 Å². The Kier molecular flexibility index (Phi) is 5.25. The zero-order valence-corrected chi connectivity index (χ0v) is 13.3. The minimum Gasteiger partial charge on any atom is -0.384 e. The van der Waals surface area contributed by atoms with Gasteiger partial charge in [0.05, 0.1) is 5.69 Å². The van der Waals surface area contributed by atoms with Gasteiger partial charge in [0, 0.05) is 31.0 Å². The number of carbonyl (C=O) groups excluding carboxylic acids is 1. The molecule has 2 N–H and O–H groups in total. The molecule has 1 aromatic heterocycles. The average Bonchev–Trinajstić information content (AvgIpc) is 2.61. The van der Waals surface area contributed by atoms with Crippen molar-refractivity contribution in [2.45, 2.75) is 32.1 Å². The van der Waals surface area contributed by atoms with Crippen LogP contribution in [0.4, 0.5) is 5.69 Å². The van der Waals surface area contributed by atoms with E-state index in [0.29, 0.717) is 6.54 Å². The van der Waals surface area contributed by atoms with E-state index < -0.39 is 0 Å². The van der Waals surface area contributed by atoms with Crippen LogP contribution in [-0.2, 0) is 12.8 Å². The first-order chi connectivity index (χ1) is 11.3. The molecule has 1 aliphatic rings. The molecule has 0 saturated heterocycles. The highest BCUT2D eigenvalue weighted by molar-refractivity contribution is 5.94. The number of hydrogen-bond acceptors (Lipinski definition) is 3. The first-order valence-corrected chi connectivity index (χ1v) is 8.37. The van der Waals surface area contributed by atoms with E-state index >= 15 is 0 Å². The first-order valence-electron chi connectivity index (χ1n) is 8.37. The normalized spacial score (nSPS) is 13.2. The van der Waals surface area contributed by atoms with Gasteiger partial charge in [-0.1, -0.05) is 6.07 Å². The number of carbonyl (C=O) groups is 1. The molecule has 1 heterocycles. The molecule has 0 atom stereocenters. The summed E-state index contributed by atoms with van der Waals surface area (Å²) in [5, 5.41) is 6.28. The third kappa shape index (κ3) is 4.31. The van der Waals surface area contributed by atoms with E-state index in [1.54, 1.807) is 12.4 Å². The van der Waals surface area contributed by atoms with Gasteiger partial charge in [-0.3, -0.25) is 9.78 Å². The van der Waals surface area contributed by atoms with Crippen molar-refractivity contribution >= 4 is 11.6 Å². The number of rotatable bonds is 6. The number of hydrogen-bond donors (Lipinski definition) is 2. The number of aromatic nitrogens is 1. The molecule has 3 rings (SSSR count). The smallest absolute Gasteiger partial charge is 0.251 e. The largest absolute Gasteiger partial charge is 0.384 e. The Balaban J connectivity index is 1.42. The number of pyridine rings is 1. The third-order valence-corrected chi connectivity index (χ3v) is 4.24. The zero-order valence-electron chi connectivity index (χ0n) is 13.3. The van der Waals surface area contributed by atoms with Gasteiger partial charge < -0.3 is 10.6 Å². The molecule has 0 unspecified atom stereocenters. The summed E-state index contributed by atoms with van der Waals surface area (Å²) in [6.45, 7) is 1.49. The van der Waals surface area contributed by atoms with Gasteiger partial charge in [-0.25, -0.2) is 0 Å². The van der Waals surface area contributed by atoms with E-state index in [1.807, 2.05) is 18.2 Å². The summed E-state index contributed by atoms with van der Waals surface area (Å²) >= 11 is 0. The molecule has 2 aromatic rings. The van der Waals surface area contributed by atoms with Crippen molar-refractivity contribution < 1.29 is 4.79 Å². The van der Waals surface area contributed by atoms with Crippen molar-refractivity contribution in [3.8, 4) is 0 Å². The highest BCUT2D eigenvalue weighted by Crippen LogP contribution is 2.22. The van der Waals surface area contributed by atoms with Crippen molar-refractivity contribution in [1.82, 2.24) is 10.3 Å². The van der Waals surface area contributed by atoms with E-state index in [2.05, 4.69) is 27.8 Å². The van der Waals surface area contributed by atoms with Gasteiger partial charge in [-0.2, -0.15) is 0 Å². The van der Waals surface area contributed by atoms with Crippen LogP contribution in [0.5, 0.6) is 0 Å². The number of anilines is 1. The molecule has 120 valence electrons. The Morgan fingerprint density at radius 1 is 1.09 bits per heavy atom. The minimum absolute atomic E-state index is 0.0275. The summed E-state index contributed by atoms with van der Waals surface area (Å²) in [4.78, 5) is 16.3. The first kappa shape index (κ1) is 15.5. The molecule has 0 radical (unpaired) electrons. The second kappa shape index (κ2) is 7.77. The van der Waals surface area contributed by atoms with Crippen molar-refractivity contribution in [1.29, 1.82) is 0 Å². The Hall–Kier alpha value is -2.36. The lowest BCUT2D eigenvalue weighted by atomic mass is 9.90. The standard InChI is InChI=1S/C19H23N3O/c23-19(17-9-8-15-5-1-2-6-16(15)13-17)22-12-4-11-21-18-7-3-10-20-14-18/h3,7-10,13-14,21H,1-2,4-6,11-12H2,(H,22,23). The Bertz CT molecular complexity index is 655. The number of nitrogens with one attached hydrogen (secondary N) is 2. The molecule has 4 nitrogen and oxygen atoms in total. The molecule has 0 fully saturated rings. The monoisotopic (exact) mass is 309 g/mol. The van der Waals surface area contributed by atoms with E-state index in [4.69, 9.17) is 0 Å². The maximum Gasteiger partial charge on any atom is 0.251 e. The fourth-order valence-electron chi connectivity index (χ4n) is 2.97. The van der Waals surface area contributed by atoms with E-state index in [1.165, 1.54) is 24.0 Å². The highest BCUT2D eigenvalue weighted by atomic mass is 16.1. The summed E-state index contributed by atoms with van der Waals surface area (Å²) < 4.78 is 0. The number of benzene rings is 1. The van der Waals surface area contributed by atoms with Crippen LogP contribution in [0.1, 0.15) is 40.7 Å². The number of fused-ring (bicyclic) bond motifs is 1. The summed E-state index contributed by atoms with van der Waals surface area (Å²) in [7, 11) is 0. The van der Waals surface area contributed by atoms with Crippen LogP contribution in [0.3, 0.4) is 0 Å². The number of nitrogens with zero attached hydrogens (tertiary/aromatic N) is 1. The minimum atomic E-state index is 0.0275. The van der Waals surface area contributed by atoms with Crippen molar-refractivity contribution in [3.05, 3.63) is 59.4 Å². The summed E-state index contributed by atoms with van der Waals surface area (Å²) in [6.07, 6.45) is 9.19. The lowest BCUT2D eigenvalue weighted by Gasteiger charge is -2.16. The average molecular weight is 309 g/mol. The molecule has 0 aliphatic heterocycles. The quantitative estimate of drug-likeness (QED) is 0.806. The predicted octanol–water partition coefficient (Wildman–Crippen LogP) is 3.19.